The number of benzene rings is 1. The number of carbonyl (C=O) groups is 1. The Morgan fingerprint density at radius 1 is 1.30 bits per heavy atom. The highest BCUT2D eigenvalue weighted by molar-refractivity contribution is 9.10. The van der Waals surface area contributed by atoms with E-state index in [-0.39, 0.29) is 16.7 Å². The molecule has 0 bridgehead atoms. The van der Waals surface area contributed by atoms with Gasteiger partial charge in [0.15, 0.2) is 0 Å². The third-order valence-electron chi connectivity index (χ3n) is 2.55. The standard InChI is InChI=1S/C13H10BrF2N3O/c14-9-4-12(11(16)5-10(9)15)19-13(20)7-1-2-18-8(3-7)6-17/h1-5H,6,17H2,(H,19,20). The number of amides is 1. The molecule has 0 unspecified atom stereocenters. The average molecular weight is 342 g/mol. The third-order valence-corrected chi connectivity index (χ3v) is 3.15. The maximum atomic E-state index is 13.5. The number of halogens is 3. The second-order valence-electron chi connectivity index (χ2n) is 3.94. The molecule has 104 valence electrons. The van der Waals surface area contributed by atoms with Gasteiger partial charge in [-0.3, -0.25) is 9.78 Å². The van der Waals surface area contributed by atoms with Crippen LogP contribution in [0.4, 0.5) is 14.5 Å². The number of carbonyl (C=O) groups excluding carboxylic acids is 1. The van der Waals surface area contributed by atoms with Gasteiger partial charge in [0, 0.05) is 24.4 Å². The van der Waals surface area contributed by atoms with Gasteiger partial charge < -0.3 is 11.1 Å². The summed E-state index contributed by atoms with van der Waals surface area (Å²) in [5.41, 5.74) is 6.15. The number of pyridine rings is 1. The van der Waals surface area contributed by atoms with E-state index in [0.717, 1.165) is 6.07 Å². The summed E-state index contributed by atoms with van der Waals surface area (Å²) in [5, 5.41) is 2.37. The Hall–Kier alpha value is -1.86. The van der Waals surface area contributed by atoms with Crippen LogP contribution < -0.4 is 11.1 Å². The minimum Gasteiger partial charge on any atom is -0.325 e. The molecule has 3 N–H and O–H groups in total. The molecule has 0 aliphatic heterocycles. The van der Waals surface area contributed by atoms with Crippen molar-refractivity contribution in [3.63, 3.8) is 0 Å². The molecule has 1 heterocycles. The van der Waals surface area contributed by atoms with Gasteiger partial charge in [-0.2, -0.15) is 0 Å². The molecule has 1 aromatic carbocycles. The molecule has 0 saturated heterocycles. The molecule has 7 heteroatoms. The fourth-order valence-corrected chi connectivity index (χ4v) is 1.89. The van der Waals surface area contributed by atoms with Crippen LogP contribution >= 0.6 is 15.9 Å². The molecule has 0 aliphatic carbocycles. The van der Waals surface area contributed by atoms with E-state index < -0.39 is 17.5 Å². The quantitative estimate of drug-likeness (QED) is 0.843. The van der Waals surface area contributed by atoms with Crippen molar-refractivity contribution in [3.8, 4) is 0 Å². The van der Waals surface area contributed by atoms with Crippen LogP contribution in [0.15, 0.2) is 34.9 Å². The molecule has 0 aliphatic rings. The lowest BCUT2D eigenvalue weighted by Crippen LogP contribution is -2.14. The average Bonchev–Trinajstić information content (AvgIpc) is 2.44. The van der Waals surface area contributed by atoms with Crippen LogP contribution in [0.2, 0.25) is 0 Å². The lowest BCUT2D eigenvalue weighted by Gasteiger charge is -2.08. The highest BCUT2D eigenvalue weighted by Gasteiger charge is 2.13. The van der Waals surface area contributed by atoms with Gasteiger partial charge in [-0.1, -0.05) is 0 Å². The van der Waals surface area contributed by atoms with E-state index in [4.69, 9.17) is 5.73 Å². The zero-order valence-corrected chi connectivity index (χ0v) is 11.7. The van der Waals surface area contributed by atoms with Crippen molar-refractivity contribution in [1.82, 2.24) is 4.98 Å². The molecule has 0 fully saturated rings. The second-order valence-corrected chi connectivity index (χ2v) is 4.79. The predicted molar refractivity (Wildman–Crippen MR) is 74.1 cm³/mol. The van der Waals surface area contributed by atoms with Crippen LogP contribution in [-0.2, 0) is 6.54 Å². The lowest BCUT2D eigenvalue weighted by molar-refractivity contribution is 0.102. The van der Waals surface area contributed by atoms with E-state index in [2.05, 4.69) is 26.2 Å². The van der Waals surface area contributed by atoms with Gasteiger partial charge in [-0.25, -0.2) is 8.78 Å². The zero-order valence-electron chi connectivity index (χ0n) is 10.2. The molecular weight excluding hydrogens is 332 g/mol. The van der Waals surface area contributed by atoms with Gasteiger partial charge in [-0.05, 0) is 34.1 Å². The Bertz CT molecular complexity index is 664. The van der Waals surface area contributed by atoms with Crippen LogP contribution in [0, 0.1) is 11.6 Å². The zero-order chi connectivity index (χ0) is 14.7. The fraction of sp³-hybridized carbons (Fsp3) is 0.0769. The summed E-state index contributed by atoms with van der Waals surface area (Å²) in [7, 11) is 0. The highest BCUT2D eigenvalue weighted by atomic mass is 79.9. The third kappa shape index (κ3) is 3.17. The predicted octanol–water partition coefficient (Wildman–Crippen LogP) is 2.83. The van der Waals surface area contributed by atoms with E-state index in [1.54, 1.807) is 0 Å². The minimum atomic E-state index is -0.854. The smallest absolute Gasteiger partial charge is 0.255 e. The largest absolute Gasteiger partial charge is 0.325 e. The Kier molecular flexibility index (Phi) is 4.41. The topological polar surface area (TPSA) is 68.0 Å². The number of hydrogen-bond donors (Lipinski definition) is 2. The normalized spacial score (nSPS) is 10.4. The number of nitrogens with zero attached hydrogens (tertiary/aromatic N) is 1. The Morgan fingerprint density at radius 3 is 2.75 bits per heavy atom. The van der Waals surface area contributed by atoms with Crippen molar-refractivity contribution < 1.29 is 13.6 Å². The monoisotopic (exact) mass is 341 g/mol. The molecule has 2 rings (SSSR count). The summed E-state index contributed by atoms with van der Waals surface area (Å²) in [6.07, 6.45) is 1.44. The number of rotatable bonds is 3. The Morgan fingerprint density at radius 2 is 2.05 bits per heavy atom. The van der Waals surface area contributed by atoms with Gasteiger partial charge in [0.05, 0.1) is 15.9 Å². The van der Waals surface area contributed by atoms with E-state index in [1.165, 1.54) is 18.3 Å². The van der Waals surface area contributed by atoms with Crippen molar-refractivity contribution in [3.05, 3.63) is 57.8 Å². The minimum absolute atomic E-state index is 0.0616. The van der Waals surface area contributed by atoms with Crippen molar-refractivity contribution in [2.75, 3.05) is 5.32 Å². The SMILES string of the molecule is NCc1cc(C(=O)Nc2cc(Br)c(F)cc2F)ccn1. The van der Waals surface area contributed by atoms with Crippen molar-refractivity contribution in [1.29, 1.82) is 0 Å². The first-order valence-corrected chi connectivity index (χ1v) is 6.41. The molecule has 0 spiro atoms. The number of anilines is 1. The van der Waals surface area contributed by atoms with Crippen LogP contribution in [-0.4, -0.2) is 10.9 Å². The van der Waals surface area contributed by atoms with Crippen molar-refractivity contribution in [2.45, 2.75) is 6.54 Å². The molecule has 0 saturated carbocycles. The fourth-order valence-electron chi connectivity index (χ4n) is 1.54. The van der Waals surface area contributed by atoms with Gasteiger partial charge >= 0.3 is 0 Å². The van der Waals surface area contributed by atoms with Crippen LogP contribution in [0.3, 0.4) is 0 Å². The Labute approximate surface area is 122 Å². The van der Waals surface area contributed by atoms with Gasteiger partial charge in [-0.15, -0.1) is 0 Å². The first-order valence-electron chi connectivity index (χ1n) is 5.62. The maximum Gasteiger partial charge on any atom is 0.255 e. The summed E-state index contributed by atoms with van der Waals surface area (Å²) < 4.78 is 26.7. The molecule has 20 heavy (non-hydrogen) atoms. The second kappa shape index (κ2) is 6.06. The maximum absolute atomic E-state index is 13.5. The summed E-state index contributed by atoms with van der Waals surface area (Å²) >= 11 is 2.93. The number of nitrogens with one attached hydrogen (secondary N) is 1. The summed E-state index contributed by atoms with van der Waals surface area (Å²) in [4.78, 5) is 15.9. The highest BCUT2D eigenvalue weighted by Crippen LogP contribution is 2.24. The molecule has 0 atom stereocenters. The molecule has 0 radical (unpaired) electrons. The molecule has 1 aromatic heterocycles. The number of aromatic nitrogens is 1. The van der Waals surface area contributed by atoms with Gasteiger partial charge in [0.25, 0.3) is 5.91 Å². The van der Waals surface area contributed by atoms with E-state index in [1.807, 2.05) is 0 Å². The van der Waals surface area contributed by atoms with Crippen LogP contribution in [0.1, 0.15) is 16.1 Å². The summed E-state index contributed by atoms with van der Waals surface area (Å²) in [6, 6.07) is 4.84. The molecule has 1 amide bonds. The molecular formula is C13H10BrF2N3O. The first kappa shape index (κ1) is 14.5. The number of hydrogen-bond acceptors (Lipinski definition) is 3. The van der Waals surface area contributed by atoms with E-state index in [0.29, 0.717) is 17.3 Å². The van der Waals surface area contributed by atoms with Gasteiger partial charge in [0.1, 0.15) is 11.6 Å². The van der Waals surface area contributed by atoms with Gasteiger partial charge in [0.2, 0.25) is 0 Å². The molecule has 4 nitrogen and oxygen atoms in total. The Balaban J connectivity index is 2.25. The first-order chi connectivity index (χ1) is 9.51. The van der Waals surface area contributed by atoms with Crippen molar-refractivity contribution in [2.24, 2.45) is 5.73 Å². The van der Waals surface area contributed by atoms with Crippen molar-refractivity contribution >= 4 is 27.5 Å². The van der Waals surface area contributed by atoms with E-state index >= 15 is 0 Å². The molecule has 2 aromatic rings. The van der Waals surface area contributed by atoms with Crippen LogP contribution in [0.5, 0.6) is 0 Å². The number of nitrogens with two attached hydrogens (primary N) is 1. The van der Waals surface area contributed by atoms with Crippen LogP contribution in [0.25, 0.3) is 0 Å². The summed E-state index contributed by atoms with van der Waals surface area (Å²) in [6.45, 7) is 0.192. The van der Waals surface area contributed by atoms with E-state index in [9.17, 15) is 13.6 Å². The summed E-state index contributed by atoms with van der Waals surface area (Å²) in [5.74, 6) is -2.12. The lowest BCUT2D eigenvalue weighted by atomic mass is 10.2.